The largest absolute Gasteiger partial charge is 0.327 e. The van der Waals surface area contributed by atoms with Gasteiger partial charge in [0.05, 0.1) is 0 Å². The van der Waals surface area contributed by atoms with E-state index in [1.54, 1.807) is 0 Å². The van der Waals surface area contributed by atoms with E-state index in [-0.39, 0.29) is 0 Å². The average Bonchev–Trinajstić information content (AvgIpc) is 2.66. The van der Waals surface area contributed by atoms with Gasteiger partial charge in [0.1, 0.15) is 0 Å². The van der Waals surface area contributed by atoms with Crippen LogP contribution >= 0.6 is 11.8 Å². The predicted octanol–water partition coefficient (Wildman–Crippen LogP) is 4.08. The fraction of sp³-hybridized carbons (Fsp3) is 0.600. The summed E-state index contributed by atoms with van der Waals surface area (Å²) in [5.41, 5.74) is 6.34. The molecule has 1 aliphatic carbocycles. The van der Waals surface area contributed by atoms with Crippen molar-refractivity contribution in [2.24, 2.45) is 11.7 Å². The normalized spacial score (nSPS) is 19.8. The van der Waals surface area contributed by atoms with E-state index in [1.807, 2.05) is 11.8 Å². The molecule has 1 fully saturated rings. The number of rotatable bonds is 4. The molecule has 0 radical (unpaired) electrons. The van der Waals surface area contributed by atoms with Crippen LogP contribution in [0.15, 0.2) is 35.2 Å². The van der Waals surface area contributed by atoms with Crippen molar-refractivity contribution in [3.05, 3.63) is 30.3 Å². The Kier molecular flexibility index (Phi) is 5.40. The predicted molar refractivity (Wildman–Crippen MR) is 76.3 cm³/mol. The monoisotopic (exact) mass is 249 g/mol. The summed E-state index contributed by atoms with van der Waals surface area (Å²) in [6.07, 6.45) is 8.28. The molecule has 0 amide bonds. The van der Waals surface area contributed by atoms with Crippen molar-refractivity contribution >= 4 is 11.8 Å². The van der Waals surface area contributed by atoms with Crippen LogP contribution in [-0.4, -0.2) is 11.8 Å². The quantitative estimate of drug-likeness (QED) is 0.643. The maximum atomic E-state index is 6.34. The summed E-state index contributed by atoms with van der Waals surface area (Å²) >= 11 is 1.90. The zero-order valence-electron chi connectivity index (χ0n) is 10.5. The van der Waals surface area contributed by atoms with Crippen molar-refractivity contribution in [2.45, 2.75) is 49.5 Å². The molecule has 1 aromatic carbocycles. The molecular formula is C15H23NS. The fourth-order valence-corrected chi connectivity index (χ4v) is 3.59. The molecule has 1 nitrogen and oxygen atoms in total. The van der Waals surface area contributed by atoms with Crippen LogP contribution in [0.3, 0.4) is 0 Å². The van der Waals surface area contributed by atoms with Crippen LogP contribution in [0.4, 0.5) is 0 Å². The third kappa shape index (κ3) is 4.36. The van der Waals surface area contributed by atoms with E-state index in [2.05, 4.69) is 30.3 Å². The molecule has 94 valence electrons. The molecule has 2 rings (SSSR count). The lowest BCUT2D eigenvalue weighted by Gasteiger charge is -2.21. The third-order valence-electron chi connectivity index (χ3n) is 3.69. The minimum atomic E-state index is 0.373. The number of hydrogen-bond donors (Lipinski definition) is 1. The number of hydrogen-bond acceptors (Lipinski definition) is 2. The topological polar surface area (TPSA) is 26.0 Å². The molecule has 0 heterocycles. The van der Waals surface area contributed by atoms with Gasteiger partial charge in [0, 0.05) is 16.7 Å². The van der Waals surface area contributed by atoms with E-state index in [0.29, 0.717) is 6.04 Å². The maximum absolute atomic E-state index is 6.34. The zero-order valence-corrected chi connectivity index (χ0v) is 11.3. The highest BCUT2D eigenvalue weighted by atomic mass is 32.2. The molecule has 1 atom stereocenters. The van der Waals surface area contributed by atoms with Crippen LogP contribution in [0.2, 0.25) is 0 Å². The molecule has 2 N–H and O–H groups in total. The summed E-state index contributed by atoms with van der Waals surface area (Å²) < 4.78 is 0. The molecular weight excluding hydrogens is 226 g/mol. The van der Waals surface area contributed by atoms with E-state index in [9.17, 15) is 0 Å². The van der Waals surface area contributed by atoms with Crippen LogP contribution in [0.25, 0.3) is 0 Å². The van der Waals surface area contributed by atoms with Crippen LogP contribution in [0, 0.1) is 5.92 Å². The lowest BCUT2D eigenvalue weighted by atomic mass is 9.94. The van der Waals surface area contributed by atoms with E-state index < -0.39 is 0 Å². The first-order valence-corrected chi connectivity index (χ1v) is 7.78. The lowest BCUT2D eigenvalue weighted by molar-refractivity contribution is 0.397. The fourth-order valence-electron chi connectivity index (χ4n) is 2.58. The highest BCUT2D eigenvalue weighted by molar-refractivity contribution is 7.99. The van der Waals surface area contributed by atoms with Crippen molar-refractivity contribution in [1.29, 1.82) is 0 Å². The van der Waals surface area contributed by atoms with Gasteiger partial charge in [-0.1, -0.05) is 43.9 Å². The Hall–Kier alpha value is -0.470. The van der Waals surface area contributed by atoms with E-state index in [1.165, 1.54) is 43.4 Å². The van der Waals surface area contributed by atoms with Gasteiger partial charge >= 0.3 is 0 Å². The second-order valence-electron chi connectivity index (χ2n) is 5.04. The maximum Gasteiger partial charge on any atom is 0.0162 e. The molecule has 0 aliphatic heterocycles. The molecule has 0 aromatic heterocycles. The Morgan fingerprint density at radius 3 is 2.35 bits per heavy atom. The van der Waals surface area contributed by atoms with Gasteiger partial charge in [-0.25, -0.2) is 0 Å². The molecule has 1 aliphatic rings. The summed E-state index contributed by atoms with van der Waals surface area (Å²) in [6, 6.07) is 11.0. The standard InChI is InChI=1S/C15H23NS/c16-15(13-8-4-1-2-5-9-13)12-17-14-10-6-3-7-11-14/h3,6-7,10-11,13,15H,1-2,4-5,8-9,12,16H2. The number of benzene rings is 1. The van der Waals surface area contributed by atoms with Crippen LogP contribution in [0.5, 0.6) is 0 Å². The van der Waals surface area contributed by atoms with Crippen molar-refractivity contribution < 1.29 is 0 Å². The molecule has 0 spiro atoms. The van der Waals surface area contributed by atoms with Gasteiger partial charge in [0.25, 0.3) is 0 Å². The number of nitrogens with two attached hydrogens (primary N) is 1. The Balaban J connectivity index is 1.78. The molecule has 0 bridgehead atoms. The summed E-state index contributed by atoms with van der Waals surface area (Å²) in [7, 11) is 0. The van der Waals surface area contributed by atoms with Gasteiger partial charge in [0.2, 0.25) is 0 Å². The van der Waals surface area contributed by atoms with Gasteiger partial charge in [-0.15, -0.1) is 11.8 Å². The van der Waals surface area contributed by atoms with E-state index >= 15 is 0 Å². The first-order valence-electron chi connectivity index (χ1n) is 6.79. The minimum absolute atomic E-state index is 0.373. The number of thioether (sulfide) groups is 1. The van der Waals surface area contributed by atoms with Crippen LogP contribution < -0.4 is 5.73 Å². The van der Waals surface area contributed by atoms with Gasteiger partial charge in [0.15, 0.2) is 0 Å². The first kappa shape index (κ1) is 13.0. The van der Waals surface area contributed by atoms with E-state index in [0.717, 1.165) is 11.7 Å². The first-order chi connectivity index (χ1) is 8.36. The minimum Gasteiger partial charge on any atom is -0.327 e. The van der Waals surface area contributed by atoms with Gasteiger partial charge in [-0.3, -0.25) is 0 Å². The van der Waals surface area contributed by atoms with Gasteiger partial charge in [-0.2, -0.15) is 0 Å². The SMILES string of the molecule is NC(CSc1ccccc1)C1CCCCCC1. The third-order valence-corrected chi connectivity index (χ3v) is 4.85. The molecule has 1 unspecified atom stereocenters. The van der Waals surface area contributed by atoms with Crippen LogP contribution in [-0.2, 0) is 0 Å². The van der Waals surface area contributed by atoms with Gasteiger partial charge < -0.3 is 5.73 Å². The van der Waals surface area contributed by atoms with Crippen molar-refractivity contribution in [2.75, 3.05) is 5.75 Å². The average molecular weight is 249 g/mol. The van der Waals surface area contributed by atoms with Gasteiger partial charge in [-0.05, 0) is 30.9 Å². The van der Waals surface area contributed by atoms with Crippen molar-refractivity contribution in [1.82, 2.24) is 0 Å². The summed E-state index contributed by atoms with van der Waals surface area (Å²) in [6.45, 7) is 0. The Bertz CT molecular complexity index is 304. The van der Waals surface area contributed by atoms with Crippen molar-refractivity contribution in [3.63, 3.8) is 0 Å². The lowest BCUT2D eigenvalue weighted by Crippen LogP contribution is -2.32. The molecule has 0 saturated heterocycles. The Labute approximate surface area is 109 Å². The van der Waals surface area contributed by atoms with E-state index in [4.69, 9.17) is 5.73 Å². The highest BCUT2D eigenvalue weighted by Crippen LogP contribution is 2.27. The molecule has 17 heavy (non-hydrogen) atoms. The van der Waals surface area contributed by atoms with Crippen molar-refractivity contribution in [3.8, 4) is 0 Å². The molecule has 2 heteroatoms. The molecule has 1 saturated carbocycles. The highest BCUT2D eigenvalue weighted by Gasteiger charge is 2.19. The smallest absolute Gasteiger partial charge is 0.0162 e. The zero-order chi connectivity index (χ0) is 11.9. The summed E-state index contributed by atoms with van der Waals surface area (Å²) in [4.78, 5) is 1.34. The Morgan fingerprint density at radius 1 is 1.06 bits per heavy atom. The Morgan fingerprint density at radius 2 is 1.71 bits per heavy atom. The summed E-state index contributed by atoms with van der Waals surface area (Å²) in [5, 5.41) is 0. The molecule has 1 aromatic rings. The second-order valence-corrected chi connectivity index (χ2v) is 6.13. The second kappa shape index (κ2) is 7.07. The summed E-state index contributed by atoms with van der Waals surface area (Å²) in [5.74, 6) is 1.82. The van der Waals surface area contributed by atoms with Crippen LogP contribution in [0.1, 0.15) is 38.5 Å².